The van der Waals surface area contributed by atoms with Crippen LogP contribution in [0.5, 0.6) is 0 Å². The summed E-state index contributed by atoms with van der Waals surface area (Å²) in [5.74, 6) is 0.675. The molecule has 3 rings (SSSR count). The number of nitrogens with zero attached hydrogens (tertiary/aromatic N) is 2. The summed E-state index contributed by atoms with van der Waals surface area (Å²) in [4.78, 5) is 9.15. The lowest BCUT2D eigenvalue weighted by Crippen LogP contribution is -2.37. The zero-order chi connectivity index (χ0) is 8.89. The number of fused-ring (bicyclic) bond motifs is 3. The lowest BCUT2D eigenvalue weighted by Gasteiger charge is -2.30. The summed E-state index contributed by atoms with van der Waals surface area (Å²) in [6.45, 7) is 0. The monoisotopic (exact) mass is 240 g/mol. The Morgan fingerprint density at radius 3 is 3.31 bits per heavy atom. The third kappa shape index (κ3) is 0.997. The van der Waals surface area contributed by atoms with E-state index in [9.17, 15) is 0 Å². The van der Waals surface area contributed by atoms with E-state index < -0.39 is 0 Å². The molecule has 2 heterocycles. The first kappa shape index (κ1) is 8.16. The predicted octanol–water partition coefficient (Wildman–Crippen LogP) is 2.57. The van der Waals surface area contributed by atoms with Crippen LogP contribution in [0.25, 0.3) is 0 Å². The highest BCUT2D eigenvalue weighted by Crippen LogP contribution is 2.49. The molecular weight excluding hydrogens is 228 g/mol. The van der Waals surface area contributed by atoms with Crippen molar-refractivity contribution in [3.8, 4) is 0 Å². The van der Waals surface area contributed by atoms with E-state index in [1.807, 2.05) is 6.21 Å². The van der Waals surface area contributed by atoms with Gasteiger partial charge in [-0.25, -0.2) is 0 Å². The number of halogens is 1. The third-order valence-electron chi connectivity index (χ3n) is 3.53. The molecule has 0 N–H and O–H groups in total. The van der Waals surface area contributed by atoms with Crippen LogP contribution in [0.4, 0.5) is 0 Å². The Labute approximate surface area is 86.7 Å². The van der Waals surface area contributed by atoms with Crippen LogP contribution in [-0.4, -0.2) is 22.4 Å². The zero-order valence-electron chi connectivity index (χ0n) is 7.54. The third-order valence-corrected chi connectivity index (χ3v) is 4.81. The van der Waals surface area contributed by atoms with Gasteiger partial charge in [0.25, 0.3) is 0 Å². The average molecular weight is 241 g/mol. The van der Waals surface area contributed by atoms with E-state index in [2.05, 4.69) is 20.9 Å². The Balaban J connectivity index is 1.98. The highest BCUT2D eigenvalue weighted by molar-refractivity contribution is 9.10. The van der Waals surface area contributed by atoms with Gasteiger partial charge in [-0.2, -0.15) is 0 Å². The highest BCUT2D eigenvalue weighted by Gasteiger charge is 2.52. The molecule has 3 unspecified atom stereocenters. The Kier molecular flexibility index (Phi) is 1.67. The van der Waals surface area contributed by atoms with Crippen molar-refractivity contribution in [2.75, 3.05) is 0 Å². The topological polar surface area (TPSA) is 24.7 Å². The van der Waals surface area contributed by atoms with Crippen LogP contribution in [0.15, 0.2) is 9.98 Å². The van der Waals surface area contributed by atoms with Gasteiger partial charge in [-0.15, -0.1) is 0 Å². The Morgan fingerprint density at radius 2 is 2.38 bits per heavy atom. The van der Waals surface area contributed by atoms with Crippen LogP contribution in [0.3, 0.4) is 0 Å². The van der Waals surface area contributed by atoms with E-state index in [4.69, 9.17) is 4.99 Å². The highest BCUT2D eigenvalue weighted by atomic mass is 79.9. The molecule has 1 saturated carbocycles. The first-order chi connectivity index (χ1) is 6.31. The van der Waals surface area contributed by atoms with Gasteiger partial charge in [0, 0.05) is 24.3 Å². The van der Waals surface area contributed by atoms with Crippen LogP contribution in [0.1, 0.15) is 32.1 Å². The SMILES string of the molecule is BrC12CC=NC1N=C1CCCCC12. The number of hydrogen-bond acceptors (Lipinski definition) is 2. The summed E-state index contributed by atoms with van der Waals surface area (Å²) in [7, 11) is 0. The lowest BCUT2D eigenvalue weighted by atomic mass is 9.79. The van der Waals surface area contributed by atoms with E-state index in [1.165, 1.54) is 31.4 Å². The molecule has 0 bridgehead atoms. The van der Waals surface area contributed by atoms with E-state index in [0.29, 0.717) is 5.92 Å². The summed E-state index contributed by atoms with van der Waals surface area (Å²) in [6.07, 6.45) is 8.52. The van der Waals surface area contributed by atoms with Gasteiger partial charge in [0.1, 0.15) is 0 Å². The molecule has 0 amide bonds. The molecule has 3 atom stereocenters. The molecular formula is C10H13BrN2. The number of hydrogen-bond donors (Lipinski definition) is 0. The molecule has 0 spiro atoms. The number of aliphatic imine (C=N–C) groups is 2. The molecule has 2 nitrogen and oxygen atoms in total. The predicted molar refractivity (Wildman–Crippen MR) is 57.9 cm³/mol. The molecule has 0 saturated heterocycles. The lowest BCUT2D eigenvalue weighted by molar-refractivity contribution is 0.425. The van der Waals surface area contributed by atoms with Crippen LogP contribution in [0.2, 0.25) is 0 Å². The molecule has 0 aromatic carbocycles. The van der Waals surface area contributed by atoms with E-state index >= 15 is 0 Å². The maximum absolute atomic E-state index is 4.72. The fourth-order valence-corrected chi connectivity index (χ4v) is 3.67. The van der Waals surface area contributed by atoms with Crippen molar-refractivity contribution in [2.24, 2.45) is 15.9 Å². The molecule has 13 heavy (non-hydrogen) atoms. The molecule has 1 fully saturated rings. The zero-order valence-corrected chi connectivity index (χ0v) is 9.13. The second-order valence-corrected chi connectivity index (χ2v) is 5.73. The molecule has 0 aromatic rings. The van der Waals surface area contributed by atoms with Crippen LogP contribution in [0, 0.1) is 5.92 Å². The minimum Gasteiger partial charge on any atom is -0.269 e. The maximum atomic E-state index is 4.72. The molecule has 2 aliphatic heterocycles. The van der Waals surface area contributed by atoms with Crippen molar-refractivity contribution >= 4 is 27.9 Å². The summed E-state index contributed by atoms with van der Waals surface area (Å²) >= 11 is 3.87. The van der Waals surface area contributed by atoms with E-state index in [1.54, 1.807) is 0 Å². The van der Waals surface area contributed by atoms with Crippen LogP contribution >= 0.6 is 15.9 Å². The Bertz CT molecular complexity index is 297. The van der Waals surface area contributed by atoms with Gasteiger partial charge in [0.15, 0.2) is 6.17 Å². The van der Waals surface area contributed by atoms with Crippen LogP contribution in [-0.2, 0) is 0 Å². The standard InChI is InChI=1S/C10H13BrN2/c11-10-5-6-12-9(10)13-8-4-2-1-3-7(8)10/h6-7,9H,1-5H2. The summed E-state index contributed by atoms with van der Waals surface area (Å²) in [5.41, 5.74) is 1.44. The minimum atomic E-state index is 0.183. The maximum Gasteiger partial charge on any atom is 0.155 e. The van der Waals surface area contributed by atoms with E-state index in [0.717, 1.165) is 6.42 Å². The van der Waals surface area contributed by atoms with Gasteiger partial charge in [0.2, 0.25) is 0 Å². The van der Waals surface area contributed by atoms with Crippen molar-refractivity contribution in [1.82, 2.24) is 0 Å². The molecule has 0 radical (unpaired) electrons. The fraction of sp³-hybridized carbons (Fsp3) is 0.800. The molecule has 3 aliphatic rings. The van der Waals surface area contributed by atoms with Crippen molar-refractivity contribution in [3.63, 3.8) is 0 Å². The van der Waals surface area contributed by atoms with E-state index in [-0.39, 0.29) is 10.5 Å². The number of alkyl halides is 1. The van der Waals surface area contributed by atoms with Crippen LogP contribution < -0.4 is 0 Å². The average Bonchev–Trinajstić information content (AvgIpc) is 2.60. The first-order valence-corrected chi connectivity index (χ1v) is 5.87. The van der Waals surface area contributed by atoms with Gasteiger partial charge in [0.05, 0.1) is 4.32 Å². The van der Waals surface area contributed by atoms with Gasteiger partial charge < -0.3 is 0 Å². The van der Waals surface area contributed by atoms with Gasteiger partial charge in [-0.1, -0.05) is 22.4 Å². The summed E-state index contributed by atoms with van der Waals surface area (Å²) in [6, 6.07) is 0. The molecule has 0 aromatic heterocycles. The number of rotatable bonds is 0. The second-order valence-electron chi connectivity index (χ2n) is 4.26. The molecule has 3 heteroatoms. The normalized spacial score (nSPS) is 47.3. The summed E-state index contributed by atoms with van der Waals surface area (Å²) in [5, 5.41) is 0. The smallest absolute Gasteiger partial charge is 0.155 e. The second kappa shape index (κ2) is 2.66. The van der Waals surface area contributed by atoms with Gasteiger partial charge in [-0.3, -0.25) is 9.98 Å². The van der Waals surface area contributed by atoms with Crippen molar-refractivity contribution < 1.29 is 0 Å². The minimum absolute atomic E-state index is 0.183. The largest absolute Gasteiger partial charge is 0.269 e. The Morgan fingerprint density at radius 1 is 1.46 bits per heavy atom. The van der Waals surface area contributed by atoms with Crippen molar-refractivity contribution in [3.05, 3.63) is 0 Å². The Hall–Kier alpha value is -0.180. The fourth-order valence-electron chi connectivity index (χ4n) is 2.81. The molecule has 70 valence electrons. The van der Waals surface area contributed by atoms with Gasteiger partial charge in [-0.05, 0) is 19.3 Å². The first-order valence-electron chi connectivity index (χ1n) is 5.08. The van der Waals surface area contributed by atoms with Crippen molar-refractivity contribution in [2.45, 2.75) is 42.6 Å². The molecule has 1 aliphatic carbocycles. The van der Waals surface area contributed by atoms with Gasteiger partial charge >= 0.3 is 0 Å². The van der Waals surface area contributed by atoms with Crippen molar-refractivity contribution in [1.29, 1.82) is 0 Å². The summed E-state index contributed by atoms with van der Waals surface area (Å²) < 4.78 is 0.183. The quantitative estimate of drug-likeness (QED) is 0.582.